The van der Waals surface area contributed by atoms with Crippen molar-refractivity contribution < 1.29 is 5.11 Å². The molecular formula is C10H10Cl2N2OS. The smallest absolute Gasteiger partial charge is 0.123 e. The Labute approximate surface area is 107 Å². The second kappa shape index (κ2) is 4.75. The molecule has 86 valence electrons. The normalized spacial score (nSPS) is 13.0. The maximum Gasteiger partial charge on any atom is 0.123 e. The standard InChI is InChI=1S/C10H10Cl2N2OS/c1-2-14-7(3-4-13-14)9(15)6-5-8(11)16-10(6)12/h3-5,9,15H,2H2,1H3. The Bertz CT molecular complexity index is 495. The minimum atomic E-state index is -0.779. The molecule has 0 aliphatic carbocycles. The van der Waals surface area contributed by atoms with Crippen molar-refractivity contribution in [2.75, 3.05) is 0 Å². The fraction of sp³-hybridized carbons (Fsp3) is 0.300. The number of aliphatic hydroxyl groups excluding tert-OH is 1. The third-order valence-corrected chi connectivity index (χ3v) is 3.82. The molecule has 2 rings (SSSR count). The largest absolute Gasteiger partial charge is 0.382 e. The number of aliphatic hydroxyl groups is 1. The van der Waals surface area contributed by atoms with Crippen molar-refractivity contribution >= 4 is 34.5 Å². The topological polar surface area (TPSA) is 38.0 Å². The van der Waals surface area contributed by atoms with Gasteiger partial charge >= 0.3 is 0 Å². The van der Waals surface area contributed by atoms with Crippen LogP contribution in [0, 0.1) is 0 Å². The molecule has 16 heavy (non-hydrogen) atoms. The van der Waals surface area contributed by atoms with E-state index >= 15 is 0 Å². The highest BCUT2D eigenvalue weighted by Crippen LogP contribution is 2.37. The summed E-state index contributed by atoms with van der Waals surface area (Å²) in [7, 11) is 0. The van der Waals surface area contributed by atoms with E-state index in [1.165, 1.54) is 11.3 Å². The highest BCUT2D eigenvalue weighted by Gasteiger charge is 2.19. The SMILES string of the molecule is CCn1nccc1C(O)c1cc(Cl)sc1Cl. The van der Waals surface area contributed by atoms with Crippen molar-refractivity contribution in [2.45, 2.75) is 19.6 Å². The molecule has 0 bridgehead atoms. The minimum absolute atomic E-state index is 0.515. The Morgan fingerprint density at radius 1 is 1.56 bits per heavy atom. The van der Waals surface area contributed by atoms with Gasteiger partial charge in [0.25, 0.3) is 0 Å². The molecule has 0 spiro atoms. The first-order valence-corrected chi connectivity index (χ1v) is 6.35. The summed E-state index contributed by atoms with van der Waals surface area (Å²) >= 11 is 13.1. The predicted octanol–water partition coefficient (Wildman–Crippen LogP) is 3.35. The van der Waals surface area contributed by atoms with Crippen LogP contribution in [-0.4, -0.2) is 14.9 Å². The molecule has 0 saturated heterocycles. The van der Waals surface area contributed by atoms with Crippen LogP contribution >= 0.6 is 34.5 Å². The van der Waals surface area contributed by atoms with Gasteiger partial charge < -0.3 is 5.11 Å². The van der Waals surface area contributed by atoms with Crippen LogP contribution < -0.4 is 0 Å². The summed E-state index contributed by atoms with van der Waals surface area (Å²) in [5.41, 5.74) is 1.35. The number of halogens is 2. The predicted molar refractivity (Wildman–Crippen MR) is 66.3 cm³/mol. The van der Waals surface area contributed by atoms with E-state index in [2.05, 4.69) is 5.10 Å². The Morgan fingerprint density at radius 3 is 2.88 bits per heavy atom. The van der Waals surface area contributed by atoms with Crippen molar-refractivity contribution in [1.82, 2.24) is 9.78 Å². The van der Waals surface area contributed by atoms with Crippen molar-refractivity contribution in [3.05, 3.63) is 38.3 Å². The number of nitrogens with zero attached hydrogens (tertiary/aromatic N) is 2. The van der Waals surface area contributed by atoms with Gasteiger partial charge in [0.2, 0.25) is 0 Å². The van der Waals surface area contributed by atoms with Gasteiger partial charge in [0.15, 0.2) is 0 Å². The first-order valence-electron chi connectivity index (χ1n) is 4.78. The molecular weight excluding hydrogens is 267 g/mol. The van der Waals surface area contributed by atoms with Crippen LogP contribution in [-0.2, 0) is 6.54 Å². The lowest BCUT2D eigenvalue weighted by Gasteiger charge is -2.11. The number of hydrogen-bond donors (Lipinski definition) is 1. The van der Waals surface area contributed by atoms with Crippen LogP contribution in [0.15, 0.2) is 18.3 Å². The zero-order valence-corrected chi connectivity index (χ0v) is 10.9. The van der Waals surface area contributed by atoms with Gasteiger partial charge in [-0.1, -0.05) is 23.2 Å². The molecule has 2 heterocycles. The maximum atomic E-state index is 10.2. The second-order valence-corrected chi connectivity index (χ2v) is 5.54. The first-order chi connectivity index (χ1) is 7.63. The van der Waals surface area contributed by atoms with Crippen molar-refractivity contribution in [3.8, 4) is 0 Å². The van der Waals surface area contributed by atoms with Gasteiger partial charge in [0.1, 0.15) is 10.4 Å². The summed E-state index contributed by atoms with van der Waals surface area (Å²) in [5.74, 6) is 0. The first kappa shape index (κ1) is 11.9. The molecule has 0 fully saturated rings. The highest BCUT2D eigenvalue weighted by atomic mass is 35.5. The zero-order valence-electron chi connectivity index (χ0n) is 8.52. The lowest BCUT2D eigenvalue weighted by molar-refractivity contribution is 0.208. The van der Waals surface area contributed by atoms with E-state index in [-0.39, 0.29) is 0 Å². The molecule has 3 nitrogen and oxygen atoms in total. The Morgan fingerprint density at radius 2 is 2.31 bits per heavy atom. The number of hydrogen-bond acceptors (Lipinski definition) is 3. The number of rotatable bonds is 3. The van der Waals surface area contributed by atoms with Crippen LogP contribution in [0.1, 0.15) is 24.3 Å². The molecule has 1 unspecified atom stereocenters. The number of thiophene rings is 1. The molecule has 2 aromatic heterocycles. The van der Waals surface area contributed by atoms with Crippen LogP contribution in [0.2, 0.25) is 8.67 Å². The molecule has 0 aliphatic heterocycles. The van der Waals surface area contributed by atoms with Gasteiger partial charge in [-0.15, -0.1) is 11.3 Å². The lowest BCUT2D eigenvalue weighted by Crippen LogP contribution is -2.08. The molecule has 6 heteroatoms. The van der Waals surface area contributed by atoms with Crippen LogP contribution in [0.5, 0.6) is 0 Å². The molecule has 0 aromatic carbocycles. The number of aromatic nitrogens is 2. The zero-order chi connectivity index (χ0) is 11.7. The summed E-state index contributed by atoms with van der Waals surface area (Å²) in [4.78, 5) is 0. The maximum absolute atomic E-state index is 10.2. The molecule has 0 saturated carbocycles. The van der Waals surface area contributed by atoms with Gasteiger partial charge in [0.05, 0.1) is 10.0 Å². The lowest BCUT2D eigenvalue weighted by atomic mass is 10.1. The molecule has 0 radical (unpaired) electrons. The molecule has 0 amide bonds. The second-order valence-electron chi connectivity index (χ2n) is 3.25. The summed E-state index contributed by atoms with van der Waals surface area (Å²) in [6.07, 6.45) is 0.878. The van der Waals surface area contributed by atoms with Crippen LogP contribution in [0.4, 0.5) is 0 Å². The van der Waals surface area contributed by atoms with Crippen molar-refractivity contribution in [2.24, 2.45) is 0 Å². The average molecular weight is 277 g/mol. The van der Waals surface area contributed by atoms with Gasteiger partial charge in [-0.05, 0) is 19.1 Å². The Kier molecular flexibility index (Phi) is 3.54. The highest BCUT2D eigenvalue weighted by molar-refractivity contribution is 7.20. The fourth-order valence-corrected chi connectivity index (χ4v) is 3.06. The Hall–Kier alpha value is -0.550. The molecule has 1 atom stereocenters. The van der Waals surface area contributed by atoms with Gasteiger partial charge in [-0.3, -0.25) is 4.68 Å². The fourth-order valence-electron chi connectivity index (χ4n) is 1.54. The quantitative estimate of drug-likeness (QED) is 0.934. The monoisotopic (exact) mass is 276 g/mol. The van der Waals surface area contributed by atoms with Crippen LogP contribution in [0.25, 0.3) is 0 Å². The van der Waals surface area contributed by atoms with Gasteiger partial charge in [-0.25, -0.2) is 0 Å². The minimum Gasteiger partial charge on any atom is -0.382 e. The van der Waals surface area contributed by atoms with E-state index in [9.17, 15) is 5.11 Å². The molecule has 1 N–H and O–H groups in total. The summed E-state index contributed by atoms with van der Waals surface area (Å²) in [6, 6.07) is 3.46. The van der Waals surface area contributed by atoms with E-state index in [4.69, 9.17) is 23.2 Å². The van der Waals surface area contributed by atoms with E-state index in [1.54, 1.807) is 23.0 Å². The Balaban J connectivity index is 2.38. The molecule has 0 aliphatic rings. The van der Waals surface area contributed by atoms with E-state index in [0.29, 0.717) is 20.8 Å². The van der Waals surface area contributed by atoms with Crippen molar-refractivity contribution in [1.29, 1.82) is 0 Å². The summed E-state index contributed by atoms with van der Waals surface area (Å²) < 4.78 is 2.81. The van der Waals surface area contributed by atoms with E-state index in [0.717, 1.165) is 5.69 Å². The van der Waals surface area contributed by atoms with Gasteiger partial charge in [-0.2, -0.15) is 5.10 Å². The summed E-state index contributed by atoms with van der Waals surface area (Å²) in [6.45, 7) is 2.67. The number of aryl methyl sites for hydroxylation is 1. The van der Waals surface area contributed by atoms with Crippen molar-refractivity contribution in [3.63, 3.8) is 0 Å². The third-order valence-electron chi connectivity index (χ3n) is 2.31. The van der Waals surface area contributed by atoms with E-state index < -0.39 is 6.10 Å². The third kappa shape index (κ3) is 2.11. The summed E-state index contributed by atoms with van der Waals surface area (Å²) in [5, 5.41) is 14.3. The van der Waals surface area contributed by atoms with Crippen LogP contribution in [0.3, 0.4) is 0 Å². The molecule has 2 aromatic rings. The average Bonchev–Trinajstić information content (AvgIpc) is 2.83. The van der Waals surface area contributed by atoms with Gasteiger partial charge in [0, 0.05) is 18.3 Å². The van der Waals surface area contributed by atoms with E-state index in [1.807, 2.05) is 6.92 Å².